The number of hydrogen-bond acceptors (Lipinski definition) is 5. The summed E-state index contributed by atoms with van der Waals surface area (Å²) in [6.45, 7) is 1.98. The van der Waals surface area contributed by atoms with Crippen molar-refractivity contribution in [2.75, 3.05) is 18.4 Å². The second-order valence-electron chi connectivity index (χ2n) is 3.24. The summed E-state index contributed by atoms with van der Waals surface area (Å²) < 4.78 is 0. The van der Waals surface area contributed by atoms with Gasteiger partial charge in [0.05, 0.1) is 18.0 Å². The van der Waals surface area contributed by atoms with Gasteiger partial charge in [0, 0.05) is 12.6 Å². The zero-order valence-corrected chi connectivity index (χ0v) is 8.92. The van der Waals surface area contributed by atoms with Gasteiger partial charge >= 0.3 is 0 Å². The third kappa shape index (κ3) is 3.05. The first-order valence-electron chi connectivity index (χ1n) is 4.58. The molecule has 0 amide bonds. The molecule has 5 nitrogen and oxygen atoms in total. The third-order valence-corrected chi connectivity index (χ3v) is 2.17. The molecule has 0 aliphatic carbocycles. The largest absolute Gasteiger partial charge is 0.350 e. The Hall–Kier alpha value is -1.38. The van der Waals surface area contributed by atoms with Gasteiger partial charge in [-0.1, -0.05) is 0 Å². The maximum absolute atomic E-state index is 8.55. The van der Waals surface area contributed by atoms with Crippen LogP contribution in [-0.4, -0.2) is 29.1 Å². The third-order valence-electron chi connectivity index (χ3n) is 2.17. The molecule has 0 radical (unpaired) electrons. The SMILES string of the molecule is Cl.N#Cc1cnc(NC2CCNC2)nc1. The van der Waals surface area contributed by atoms with E-state index in [1.54, 1.807) is 0 Å². The summed E-state index contributed by atoms with van der Waals surface area (Å²) in [7, 11) is 0. The van der Waals surface area contributed by atoms with Gasteiger partial charge in [-0.25, -0.2) is 9.97 Å². The topological polar surface area (TPSA) is 73.6 Å². The molecule has 1 saturated heterocycles. The highest BCUT2D eigenvalue weighted by Gasteiger charge is 2.14. The summed E-state index contributed by atoms with van der Waals surface area (Å²) in [5.74, 6) is 0.595. The van der Waals surface area contributed by atoms with Crippen LogP contribution < -0.4 is 10.6 Å². The van der Waals surface area contributed by atoms with Crippen molar-refractivity contribution >= 4 is 18.4 Å². The van der Waals surface area contributed by atoms with Gasteiger partial charge in [-0.2, -0.15) is 5.26 Å². The van der Waals surface area contributed by atoms with Gasteiger partial charge in [0.15, 0.2) is 0 Å². The predicted molar refractivity (Wildman–Crippen MR) is 58.9 cm³/mol. The average Bonchev–Trinajstić information content (AvgIpc) is 2.72. The summed E-state index contributed by atoms with van der Waals surface area (Å²) in [5.41, 5.74) is 0.486. The van der Waals surface area contributed by atoms with Crippen molar-refractivity contribution in [1.29, 1.82) is 5.26 Å². The zero-order valence-electron chi connectivity index (χ0n) is 8.10. The number of nitrogens with one attached hydrogen (secondary N) is 2. The highest BCUT2D eigenvalue weighted by molar-refractivity contribution is 5.85. The Morgan fingerprint density at radius 1 is 1.47 bits per heavy atom. The Morgan fingerprint density at radius 3 is 2.73 bits per heavy atom. The molecular weight excluding hydrogens is 214 g/mol. The maximum Gasteiger partial charge on any atom is 0.222 e. The molecule has 6 heteroatoms. The van der Waals surface area contributed by atoms with E-state index in [9.17, 15) is 0 Å². The number of rotatable bonds is 2. The van der Waals surface area contributed by atoms with Gasteiger partial charge in [-0.3, -0.25) is 0 Å². The highest BCUT2D eigenvalue weighted by atomic mass is 35.5. The fraction of sp³-hybridized carbons (Fsp3) is 0.444. The average molecular weight is 226 g/mol. The Kier molecular flexibility index (Phi) is 4.28. The number of anilines is 1. The Bertz CT molecular complexity index is 339. The number of nitrogens with zero attached hydrogens (tertiary/aromatic N) is 3. The molecule has 1 aliphatic rings. The van der Waals surface area contributed by atoms with Crippen LogP contribution in [0, 0.1) is 11.3 Å². The minimum atomic E-state index is 0. The van der Waals surface area contributed by atoms with Gasteiger partial charge in [0.1, 0.15) is 6.07 Å². The quantitative estimate of drug-likeness (QED) is 0.769. The van der Waals surface area contributed by atoms with Crippen LogP contribution in [0.15, 0.2) is 12.4 Å². The van der Waals surface area contributed by atoms with E-state index in [1.165, 1.54) is 12.4 Å². The zero-order chi connectivity index (χ0) is 9.80. The molecule has 15 heavy (non-hydrogen) atoms. The van der Waals surface area contributed by atoms with Gasteiger partial charge in [-0.05, 0) is 13.0 Å². The second kappa shape index (κ2) is 5.49. The summed E-state index contributed by atoms with van der Waals surface area (Å²) in [6.07, 6.45) is 4.14. The van der Waals surface area contributed by atoms with Crippen LogP contribution in [0.2, 0.25) is 0 Å². The van der Waals surface area contributed by atoms with Gasteiger partial charge in [0.2, 0.25) is 5.95 Å². The molecule has 0 saturated carbocycles. The van der Waals surface area contributed by atoms with Gasteiger partial charge in [0.25, 0.3) is 0 Å². The minimum absolute atomic E-state index is 0. The van der Waals surface area contributed by atoms with Crippen LogP contribution in [0.4, 0.5) is 5.95 Å². The first-order chi connectivity index (χ1) is 6.88. The molecule has 0 bridgehead atoms. The number of halogens is 1. The molecule has 2 heterocycles. The number of aromatic nitrogens is 2. The predicted octanol–water partition coefficient (Wildman–Crippen LogP) is 0.544. The van der Waals surface area contributed by atoms with Crippen molar-refractivity contribution in [3.63, 3.8) is 0 Å². The molecule has 2 rings (SSSR count). The van der Waals surface area contributed by atoms with Crippen molar-refractivity contribution < 1.29 is 0 Å². The van der Waals surface area contributed by atoms with E-state index in [0.29, 0.717) is 17.6 Å². The van der Waals surface area contributed by atoms with E-state index in [1.807, 2.05) is 6.07 Å². The lowest BCUT2D eigenvalue weighted by molar-refractivity contribution is 0.780. The van der Waals surface area contributed by atoms with E-state index >= 15 is 0 Å². The van der Waals surface area contributed by atoms with E-state index in [4.69, 9.17) is 5.26 Å². The van der Waals surface area contributed by atoms with E-state index in [-0.39, 0.29) is 12.4 Å². The summed E-state index contributed by atoms with van der Waals surface area (Å²) in [6, 6.07) is 2.39. The second-order valence-corrected chi connectivity index (χ2v) is 3.24. The summed E-state index contributed by atoms with van der Waals surface area (Å²) >= 11 is 0. The van der Waals surface area contributed by atoms with Crippen molar-refractivity contribution in [3.8, 4) is 6.07 Å². The molecule has 2 N–H and O–H groups in total. The Labute approximate surface area is 94.3 Å². The highest BCUT2D eigenvalue weighted by Crippen LogP contribution is 2.05. The fourth-order valence-corrected chi connectivity index (χ4v) is 1.42. The van der Waals surface area contributed by atoms with Crippen LogP contribution in [0.25, 0.3) is 0 Å². The molecule has 1 unspecified atom stereocenters. The molecule has 1 aromatic rings. The molecule has 1 aromatic heterocycles. The monoisotopic (exact) mass is 225 g/mol. The van der Waals surface area contributed by atoms with Crippen LogP contribution in [0.5, 0.6) is 0 Å². The van der Waals surface area contributed by atoms with Crippen molar-refractivity contribution in [2.45, 2.75) is 12.5 Å². The molecule has 1 aliphatic heterocycles. The number of nitriles is 1. The van der Waals surface area contributed by atoms with Gasteiger partial charge < -0.3 is 10.6 Å². The first kappa shape index (κ1) is 11.7. The smallest absolute Gasteiger partial charge is 0.222 e. The van der Waals surface area contributed by atoms with Crippen LogP contribution in [0.3, 0.4) is 0 Å². The van der Waals surface area contributed by atoms with Crippen LogP contribution in [-0.2, 0) is 0 Å². The summed E-state index contributed by atoms with van der Waals surface area (Å²) in [5, 5.41) is 15.0. The van der Waals surface area contributed by atoms with Crippen molar-refractivity contribution in [3.05, 3.63) is 18.0 Å². The lowest BCUT2D eigenvalue weighted by Crippen LogP contribution is -2.23. The van der Waals surface area contributed by atoms with Crippen molar-refractivity contribution in [1.82, 2.24) is 15.3 Å². The summed E-state index contributed by atoms with van der Waals surface area (Å²) in [4.78, 5) is 8.08. The standard InChI is InChI=1S/C9H11N5.ClH/c10-3-7-4-12-9(13-5-7)14-8-1-2-11-6-8;/h4-5,8,11H,1-2,6H2,(H,12,13,14);1H. The van der Waals surface area contributed by atoms with E-state index in [0.717, 1.165) is 19.5 Å². The molecule has 1 fully saturated rings. The normalized spacial score (nSPS) is 19.0. The maximum atomic E-state index is 8.55. The van der Waals surface area contributed by atoms with Crippen LogP contribution >= 0.6 is 12.4 Å². The lowest BCUT2D eigenvalue weighted by atomic mass is 10.3. The van der Waals surface area contributed by atoms with Crippen LogP contribution in [0.1, 0.15) is 12.0 Å². The molecule has 0 spiro atoms. The van der Waals surface area contributed by atoms with E-state index < -0.39 is 0 Å². The fourth-order valence-electron chi connectivity index (χ4n) is 1.42. The Morgan fingerprint density at radius 2 is 2.20 bits per heavy atom. The molecule has 0 aromatic carbocycles. The lowest BCUT2D eigenvalue weighted by Gasteiger charge is -2.09. The molecule has 1 atom stereocenters. The molecule has 80 valence electrons. The minimum Gasteiger partial charge on any atom is -0.350 e. The Balaban J connectivity index is 0.00000112. The van der Waals surface area contributed by atoms with Gasteiger partial charge in [-0.15, -0.1) is 12.4 Å². The first-order valence-corrected chi connectivity index (χ1v) is 4.58. The van der Waals surface area contributed by atoms with E-state index in [2.05, 4.69) is 20.6 Å². The molecular formula is C9H12ClN5. The number of hydrogen-bond donors (Lipinski definition) is 2. The van der Waals surface area contributed by atoms with Crippen molar-refractivity contribution in [2.24, 2.45) is 0 Å².